The highest BCUT2D eigenvalue weighted by Crippen LogP contribution is 2.59. The number of hydrogen-bond acceptors (Lipinski definition) is 5. The van der Waals surface area contributed by atoms with Crippen molar-refractivity contribution < 1.29 is 13.5 Å². The zero-order valence-electron chi connectivity index (χ0n) is 16.9. The van der Waals surface area contributed by atoms with E-state index < -0.39 is 6.43 Å². The maximum Gasteiger partial charge on any atom is 0.267 e. The van der Waals surface area contributed by atoms with Crippen molar-refractivity contribution >= 4 is 5.82 Å². The molecule has 4 aliphatic rings. The molecule has 0 spiro atoms. The van der Waals surface area contributed by atoms with Crippen LogP contribution in [-0.4, -0.2) is 52.0 Å². The lowest BCUT2D eigenvalue weighted by Gasteiger charge is -2.35. The van der Waals surface area contributed by atoms with Crippen LogP contribution in [0.15, 0.2) is 18.3 Å². The number of rotatable bonds is 5. The van der Waals surface area contributed by atoms with Crippen LogP contribution < -0.4 is 5.73 Å². The number of fused-ring (bicyclic) bond motifs is 1. The van der Waals surface area contributed by atoms with Crippen molar-refractivity contribution in [3.05, 3.63) is 29.6 Å². The highest BCUT2D eigenvalue weighted by atomic mass is 19.3. The van der Waals surface area contributed by atoms with Gasteiger partial charge in [0, 0.05) is 36.5 Å². The van der Waals surface area contributed by atoms with E-state index in [4.69, 9.17) is 15.6 Å². The molecule has 2 aliphatic carbocycles. The second-order valence-electron chi connectivity index (χ2n) is 9.34. The lowest BCUT2D eigenvalue weighted by Crippen LogP contribution is -2.48. The van der Waals surface area contributed by atoms with Crippen LogP contribution in [0.5, 0.6) is 0 Å². The second-order valence-corrected chi connectivity index (χ2v) is 9.34. The number of aromatic nitrogens is 3. The zero-order chi connectivity index (χ0) is 20.4. The van der Waals surface area contributed by atoms with E-state index in [1.165, 1.54) is 24.6 Å². The number of pyridine rings is 1. The summed E-state index contributed by atoms with van der Waals surface area (Å²) in [6.45, 7) is 4.00. The summed E-state index contributed by atoms with van der Waals surface area (Å²) in [6.07, 6.45) is 3.67. The SMILES string of the molecule is Nc1ncc(-c2cc([C@@H]3[C@@H]4CN(C5COC5)C[C@@H]43)n(C3CCCC3)n2)cc1C(F)F. The molecule has 0 unspecified atom stereocenters. The summed E-state index contributed by atoms with van der Waals surface area (Å²) in [5.74, 6) is 1.77. The summed E-state index contributed by atoms with van der Waals surface area (Å²) in [4.78, 5) is 6.58. The molecule has 2 aromatic rings. The van der Waals surface area contributed by atoms with Gasteiger partial charge in [-0.25, -0.2) is 13.8 Å². The minimum Gasteiger partial charge on any atom is -0.383 e. The van der Waals surface area contributed by atoms with Crippen molar-refractivity contribution in [1.82, 2.24) is 19.7 Å². The first-order valence-electron chi connectivity index (χ1n) is 11.1. The van der Waals surface area contributed by atoms with Gasteiger partial charge in [0.25, 0.3) is 6.43 Å². The van der Waals surface area contributed by atoms with Crippen LogP contribution in [0.2, 0.25) is 0 Å². The smallest absolute Gasteiger partial charge is 0.267 e. The second kappa shape index (κ2) is 6.99. The van der Waals surface area contributed by atoms with Gasteiger partial charge in [-0.05, 0) is 36.8 Å². The van der Waals surface area contributed by atoms with Gasteiger partial charge in [-0.3, -0.25) is 9.58 Å². The lowest BCUT2D eigenvalue weighted by molar-refractivity contribution is -0.0610. The van der Waals surface area contributed by atoms with Gasteiger partial charge in [0.2, 0.25) is 0 Å². The van der Waals surface area contributed by atoms with E-state index in [2.05, 4.69) is 20.6 Å². The third kappa shape index (κ3) is 2.95. The topological polar surface area (TPSA) is 69.2 Å². The van der Waals surface area contributed by atoms with Gasteiger partial charge in [-0.2, -0.15) is 5.10 Å². The summed E-state index contributed by atoms with van der Waals surface area (Å²) >= 11 is 0. The van der Waals surface area contributed by atoms with Crippen molar-refractivity contribution in [2.45, 2.75) is 50.1 Å². The zero-order valence-corrected chi connectivity index (χ0v) is 16.9. The number of likely N-dealkylation sites (tertiary alicyclic amines) is 1. The van der Waals surface area contributed by atoms with Gasteiger partial charge in [-0.1, -0.05) is 12.8 Å². The third-order valence-electron chi connectivity index (χ3n) is 7.62. The Kier molecular flexibility index (Phi) is 4.35. The summed E-state index contributed by atoms with van der Waals surface area (Å²) in [7, 11) is 0. The summed E-state index contributed by atoms with van der Waals surface area (Å²) in [5.41, 5.74) is 8.07. The number of piperidine rings is 1. The number of nitrogens with zero attached hydrogens (tertiary/aromatic N) is 4. The molecular weight excluding hydrogens is 388 g/mol. The molecular formula is C22H27F2N5O. The molecule has 2 aromatic heterocycles. The van der Waals surface area contributed by atoms with Gasteiger partial charge in [0.05, 0.1) is 36.6 Å². The van der Waals surface area contributed by atoms with Crippen LogP contribution in [0.4, 0.5) is 14.6 Å². The molecule has 160 valence electrons. The molecule has 0 amide bonds. The Morgan fingerprint density at radius 2 is 1.80 bits per heavy atom. The molecule has 4 fully saturated rings. The Hall–Kier alpha value is -2.06. The molecule has 2 saturated heterocycles. The standard InChI is InChI=1S/C22H27F2N5O/c23-21(24)15-5-12(7-26-22(15)25)18-6-19(29(27-18)13-3-1-2-4-13)20-16-8-28(9-17(16)20)14-10-30-11-14/h5-7,13-14,16-17,20-21H,1-4,8-11H2,(H2,25,26)/t16-,17+,20-. The molecule has 3 atom stereocenters. The number of anilines is 1. The van der Waals surface area contributed by atoms with Crippen molar-refractivity contribution in [2.75, 3.05) is 32.0 Å². The van der Waals surface area contributed by atoms with Crippen LogP contribution in [0.3, 0.4) is 0 Å². The van der Waals surface area contributed by atoms with Crippen molar-refractivity contribution in [2.24, 2.45) is 11.8 Å². The predicted octanol–water partition coefficient (Wildman–Crippen LogP) is 3.62. The summed E-state index contributed by atoms with van der Waals surface area (Å²) < 4.78 is 34.2. The number of nitrogens with two attached hydrogens (primary N) is 1. The van der Waals surface area contributed by atoms with Crippen LogP contribution in [0, 0.1) is 11.8 Å². The molecule has 2 aliphatic heterocycles. The summed E-state index contributed by atoms with van der Waals surface area (Å²) in [5, 5.41) is 4.92. The first-order chi connectivity index (χ1) is 14.6. The maximum atomic E-state index is 13.3. The average molecular weight is 415 g/mol. The molecule has 6 nitrogen and oxygen atoms in total. The Balaban J connectivity index is 1.31. The molecule has 2 saturated carbocycles. The number of halogens is 2. The van der Waals surface area contributed by atoms with Crippen LogP contribution in [0.1, 0.15) is 55.3 Å². The quantitative estimate of drug-likeness (QED) is 0.808. The van der Waals surface area contributed by atoms with Crippen LogP contribution in [-0.2, 0) is 4.74 Å². The van der Waals surface area contributed by atoms with E-state index in [1.54, 1.807) is 6.20 Å². The fraction of sp³-hybridized carbons (Fsp3) is 0.636. The minimum atomic E-state index is -2.64. The van der Waals surface area contributed by atoms with Gasteiger partial charge in [0.15, 0.2) is 0 Å². The van der Waals surface area contributed by atoms with E-state index in [0.717, 1.165) is 44.8 Å². The first-order valence-corrected chi connectivity index (χ1v) is 11.1. The first kappa shape index (κ1) is 18.7. The molecule has 0 aromatic carbocycles. The van der Waals surface area contributed by atoms with Crippen molar-refractivity contribution in [3.8, 4) is 11.3 Å². The minimum absolute atomic E-state index is 0.110. The highest BCUT2D eigenvalue weighted by Gasteiger charge is 2.59. The van der Waals surface area contributed by atoms with E-state index in [-0.39, 0.29) is 11.4 Å². The molecule has 30 heavy (non-hydrogen) atoms. The summed E-state index contributed by atoms with van der Waals surface area (Å²) in [6, 6.07) is 4.59. The normalized spacial score (nSPS) is 29.5. The van der Waals surface area contributed by atoms with Crippen LogP contribution >= 0.6 is 0 Å². The van der Waals surface area contributed by atoms with Gasteiger partial charge < -0.3 is 10.5 Å². The largest absolute Gasteiger partial charge is 0.383 e. The van der Waals surface area contributed by atoms with Crippen LogP contribution in [0.25, 0.3) is 11.3 Å². The molecule has 4 heterocycles. The maximum absolute atomic E-state index is 13.3. The van der Waals surface area contributed by atoms with Crippen molar-refractivity contribution in [3.63, 3.8) is 0 Å². The molecule has 8 heteroatoms. The fourth-order valence-electron chi connectivity index (χ4n) is 5.78. The number of ether oxygens (including phenoxy) is 1. The predicted molar refractivity (Wildman–Crippen MR) is 108 cm³/mol. The Bertz CT molecular complexity index is 941. The molecule has 0 radical (unpaired) electrons. The Labute approximate surface area is 174 Å². The van der Waals surface area contributed by atoms with E-state index in [0.29, 0.717) is 35.4 Å². The average Bonchev–Trinajstić information content (AvgIpc) is 3.18. The van der Waals surface area contributed by atoms with Gasteiger partial charge in [0.1, 0.15) is 5.82 Å². The van der Waals surface area contributed by atoms with E-state index >= 15 is 0 Å². The van der Waals surface area contributed by atoms with Gasteiger partial charge in [-0.15, -0.1) is 0 Å². The molecule has 2 N–H and O–H groups in total. The number of hydrogen-bond donors (Lipinski definition) is 1. The van der Waals surface area contributed by atoms with Gasteiger partial charge >= 0.3 is 0 Å². The molecule has 0 bridgehead atoms. The lowest BCUT2D eigenvalue weighted by atomic mass is 10.1. The Morgan fingerprint density at radius 1 is 1.07 bits per heavy atom. The van der Waals surface area contributed by atoms with E-state index in [1.807, 2.05) is 0 Å². The number of nitrogen functional groups attached to an aromatic ring is 1. The highest BCUT2D eigenvalue weighted by molar-refractivity contribution is 5.63. The monoisotopic (exact) mass is 415 g/mol. The van der Waals surface area contributed by atoms with Crippen molar-refractivity contribution in [1.29, 1.82) is 0 Å². The fourth-order valence-corrected chi connectivity index (χ4v) is 5.78. The van der Waals surface area contributed by atoms with E-state index in [9.17, 15) is 8.78 Å². The Morgan fingerprint density at radius 3 is 2.43 bits per heavy atom. The molecule has 6 rings (SSSR count). The number of alkyl halides is 2. The third-order valence-corrected chi connectivity index (χ3v) is 7.62.